The van der Waals surface area contributed by atoms with Crippen LogP contribution in [-0.2, 0) is 5.67 Å². The molecule has 1 aliphatic heterocycles. The van der Waals surface area contributed by atoms with E-state index in [1.165, 1.54) is 5.32 Å². The van der Waals surface area contributed by atoms with E-state index in [2.05, 4.69) is 4.74 Å². The lowest BCUT2D eigenvalue weighted by Crippen LogP contribution is -2.51. The molecule has 31 heavy (non-hydrogen) atoms. The van der Waals surface area contributed by atoms with Gasteiger partial charge in [-0.05, 0) is 24.3 Å². The number of rotatable bonds is 2. The van der Waals surface area contributed by atoms with Crippen LogP contribution in [-0.4, -0.2) is 24.2 Å². The average molecular weight is 475 g/mol. The maximum Gasteiger partial charge on any atom is 0.447 e. The number of nitrogens with one attached hydrogen (secondary N) is 2. The Hall–Kier alpha value is -3.09. The highest BCUT2D eigenvalue weighted by molar-refractivity contribution is 6.32. The van der Waals surface area contributed by atoms with E-state index in [1.807, 2.05) is 0 Å². The number of carbonyl (C=O) groups is 2. The zero-order chi connectivity index (χ0) is 23.4. The standard InChI is InChI=1S/C17H7ClF8N2O3/c18-8-5-6(4-7-12(8)31-17(25,26)15(7,21)16(22,23)24)27-14(30)28-13(29)11-9(19)2-1-3-10(11)20/h1-5H,(H2,27,28,29,30). The van der Waals surface area contributed by atoms with Gasteiger partial charge in [-0.1, -0.05) is 17.7 Å². The lowest BCUT2D eigenvalue weighted by Gasteiger charge is -2.27. The van der Waals surface area contributed by atoms with Gasteiger partial charge >= 0.3 is 24.0 Å². The average Bonchev–Trinajstić information content (AvgIpc) is 2.82. The minimum atomic E-state index is -6.13. The van der Waals surface area contributed by atoms with E-state index in [1.54, 1.807) is 5.32 Å². The molecule has 166 valence electrons. The first kappa shape index (κ1) is 22.6. The number of hydrogen-bond donors (Lipinski definition) is 2. The highest BCUT2D eigenvalue weighted by atomic mass is 35.5. The van der Waals surface area contributed by atoms with E-state index in [9.17, 15) is 44.7 Å². The number of ether oxygens (including phenoxy) is 1. The van der Waals surface area contributed by atoms with Gasteiger partial charge in [0.15, 0.2) is 5.75 Å². The van der Waals surface area contributed by atoms with Crippen LogP contribution < -0.4 is 15.4 Å². The Morgan fingerprint density at radius 1 is 1.03 bits per heavy atom. The molecule has 0 bridgehead atoms. The van der Waals surface area contributed by atoms with Gasteiger partial charge in [0.05, 0.1) is 10.6 Å². The number of urea groups is 1. The monoisotopic (exact) mass is 474 g/mol. The number of imide groups is 1. The molecule has 1 aliphatic rings. The summed E-state index contributed by atoms with van der Waals surface area (Å²) in [6.07, 6.45) is -11.5. The first-order valence-electron chi connectivity index (χ1n) is 7.92. The van der Waals surface area contributed by atoms with Crippen molar-refractivity contribution in [1.29, 1.82) is 0 Å². The highest BCUT2D eigenvalue weighted by Gasteiger charge is 2.79. The van der Waals surface area contributed by atoms with E-state index in [0.717, 1.165) is 6.07 Å². The molecule has 0 aliphatic carbocycles. The summed E-state index contributed by atoms with van der Waals surface area (Å²) in [5.41, 5.74) is -8.91. The third kappa shape index (κ3) is 3.62. The third-order valence-corrected chi connectivity index (χ3v) is 4.39. The smallest absolute Gasteiger partial charge is 0.428 e. The maximum absolute atomic E-state index is 14.5. The van der Waals surface area contributed by atoms with Crippen LogP contribution in [0.25, 0.3) is 0 Å². The van der Waals surface area contributed by atoms with Crippen molar-refractivity contribution in [3.05, 3.63) is 58.1 Å². The Morgan fingerprint density at radius 2 is 1.61 bits per heavy atom. The van der Waals surface area contributed by atoms with Crippen LogP contribution in [0.1, 0.15) is 15.9 Å². The van der Waals surface area contributed by atoms with E-state index < -0.39 is 69.1 Å². The Balaban J connectivity index is 1.90. The van der Waals surface area contributed by atoms with Crippen LogP contribution in [0.15, 0.2) is 30.3 Å². The van der Waals surface area contributed by atoms with Gasteiger partial charge in [-0.2, -0.15) is 22.0 Å². The second-order valence-electron chi connectivity index (χ2n) is 6.11. The minimum Gasteiger partial charge on any atom is -0.428 e. The molecule has 2 aromatic carbocycles. The van der Waals surface area contributed by atoms with Crippen molar-refractivity contribution in [2.24, 2.45) is 0 Å². The largest absolute Gasteiger partial charge is 0.447 e. The molecule has 2 N–H and O–H groups in total. The molecule has 0 spiro atoms. The predicted octanol–water partition coefficient (Wildman–Crippen LogP) is 5.29. The van der Waals surface area contributed by atoms with Crippen LogP contribution in [0, 0.1) is 11.6 Å². The lowest BCUT2D eigenvalue weighted by atomic mass is 9.95. The van der Waals surface area contributed by atoms with Crippen molar-refractivity contribution in [1.82, 2.24) is 5.32 Å². The zero-order valence-electron chi connectivity index (χ0n) is 14.5. The highest BCUT2D eigenvalue weighted by Crippen LogP contribution is 2.61. The summed E-state index contributed by atoms with van der Waals surface area (Å²) in [5, 5.41) is 2.29. The molecule has 1 unspecified atom stereocenters. The summed E-state index contributed by atoms with van der Waals surface area (Å²) in [5.74, 6) is -5.51. The van der Waals surface area contributed by atoms with E-state index in [4.69, 9.17) is 11.6 Å². The molecule has 0 radical (unpaired) electrons. The van der Waals surface area contributed by atoms with E-state index in [0.29, 0.717) is 18.2 Å². The quantitative estimate of drug-likeness (QED) is 0.581. The molecule has 3 amide bonds. The SMILES string of the molecule is O=C(NC(=O)c1c(F)cccc1F)Nc1cc(Cl)c2c(c1)C(F)(C(F)(F)F)C(F)(F)O2. The van der Waals surface area contributed by atoms with Gasteiger partial charge in [0.2, 0.25) is 0 Å². The Morgan fingerprint density at radius 3 is 2.16 bits per heavy atom. The molecule has 14 heteroatoms. The Bertz CT molecular complexity index is 1070. The zero-order valence-corrected chi connectivity index (χ0v) is 15.3. The number of fused-ring (bicyclic) bond motifs is 1. The fourth-order valence-corrected chi connectivity index (χ4v) is 3.00. The molecule has 0 saturated carbocycles. The van der Waals surface area contributed by atoms with Crippen LogP contribution in [0.2, 0.25) is 5.02 Å². The number of benzene rings is 2. The van der Waals surface area contributed by atoms with Crippen LogP contribution in [0.5, 0.6) is 5.75 Å². The molecule has 0 saturated heterocycles. The summed E-state index contributed by atoms with van der Waals surface area (Å²) >= 11 is 5.58. The predicted molar refractivity (Wildman–Crippen MR) is 88.7 cm³/mol. The van der Waals surface area contributed by atoms with Gasteiger partial charge in [-0.3, -0.25) is 10.1 Å². The lowest BCUT2D eigenvalue weighted by molar-refractivity contribution is -0.350. The molecular formula is C17H7ClF8N2O3. The molecule has 0 aromatic heterocycles. The van der Waals surface area contributed by atoms with Crippen LogP contribution >= 0.6 is 11.6 Å². The van der Waals surface area contributed by atoms with E-state index >= 15 is 0 Å². The van der Waals surface area contributed by atoms with Gasteiger partial charge in [0, 0.05) is 5.69 Å². The maximum atomic E-state index is 14.5. The summed E-state index contributed by atoms with van der Waals surface area (Å²) in [6, 6.07) is 1.64. The van der Waals surface area contributed by atoms with Gasteiger partial charge in [-0.15, -0.1) is 0 Å². The topological polar surface area (TPSA) is 67.4 Å². The molecule has 2 aromatic rings. The van der Waals surface area contributed by atoms with Gasteiger partial charge in [-0.25, -0.2) is 18.0 Å². The van der Waals surface area contributed by atoms with Crippen molar-refractivity contribution in [3.63, 3.8) is 0 Å². The number of carbonyl (C=O) groups excluding carboxylic acids is 2. The van der Waals surface area contributed by atoms with Crippen molar-refractivity contribution < 1.29 is 49.4 Å². The molecule has 1 atom stereocenters. The van der Waals surface area contributed by atoms with Crippen LogP contribution in [0.4, 0.5) is 45.6 Å². The van der Waals surface area contributed by atoms with Crippen molar-refractivity contribution in [3.8, 4) is 5.75 Å². The van der Waals surface area contributed by atoms with Crippen molar-refractivity contribution in [2.45, 2.75) is 18.0 Å². The summed E-state index contributed by atoms with van der Waals surface area (Å²) in [6.45, 7) is 0. The van der Waals surface area contributed by atoms with Gasteiger partial charge < -0.3 is 10.1 Å². The Labute approximate surface area is 171 Å². The number of anilines is 1. The third-order valence-electron chi connectivity index (χ3n) is 4.11. The number of halogens is 9. The molecule has 5 nitrogen and oxygen atoms in total. The normalized spacial score (nSPS) is 19.4. The van der Waals surface area contributed by atoms with E-state index in [-0.39, 0.29) is 6.07 Å². The molecular weight excluding hydrogens is 468 g/mol. The van der Waals surface area contributed by atoms with Crippen molar-refractivity contribution in [2.75, 3.05) is 5.32 Å². The molecule has 3 rings (SSSR count). The van der Waals surface area contributed by atoms with Gasteiger partial charge in [0.1, 0.15) is 17.2 Å². The Kier molecular flexibility index (Phi) is 5.29. The summed E-state index contributed by atoms with van der Waals surface area (Å²) in [4.78, 5) is 23.7. The fourth-order valence-electron chi connectivity index (χ4n) is 2.74. The van der Waals surface area contributed by atoms with Gasteiger partial charge in [0.25, 0.3) is 5.91 Å². The second kappa shape index (κ2) is 7.25. The summed E-state index contributed by atoms with van der Waals surface area (Å²) in [7, 11) is 0. The first-order chi connectivity index (χ1) is 14.2. The second-order valence-corrected chi connectivity index (χ2v) is 6.52. The first-order valence-corrected chi connectivity index (χ1v) is 8.29. The minimum absolute atomic E-state index is 0.170. The number of hydrogen-bond acceptors (Lipinski definition) is 3. The van der Waals surface area contributed by atoms with Crippen LogP contribution in [0.3, 0.4) is 0 Å². The molecule has 1 heterocycles. The number of amides is 3. The molecule has 0 fully saturated rings. The number of alkyl halides is 6. The fraction of sp³-hybridized carbons (Fsp3) is 0.176. The summed E-state index contributed by atoms with van der Waals surface area (Å²) < 4.78 is 112. The van der Waals surface area contributed by atoms with Crippen molar-refractivity contribution >= 4 is 29.2 Å².